The number of benzene rings is 1. The fourth-order valence-electron chi connectivity index (χ4n) is 1.78. The summed E-state index contributed by atoms with van der Waals surface area (Å²) in [6.45, 7) is 5.78. The summed E-state index contributed by atoms with van der Waals surface area (Å²) in [5.41, 5.74) is 0.0643. The van der Waals surface area contributed by atoms with Gasteiger partial charge >= 0.3 is 0 Å². The zero-order valence-corrected chi connectivity index (χ0v) is 14.7. The van der Waals surface area contributed by atoms with Gasteiger partial charge in [-0.3, -0.25) is 0 Å². The van der Waals surface area contributed by atoms with E-state index in [0.29, 0.717) is 12.3 Å². The molecule has 120 valence electrons. The lowest BCUT2D eigenvalue weighted by molar-refractivity contribution is 0.0626. The minimum atomic E-state index is -3.58. The number of nitrogens with one attached hydrogen (secondary N) is 1. The summed E-state index contributed by atoms with van der Waals surface area (Å²) in [7, 11) is -3.58. The first-order valence-electron chi connectivity index (χ1n) is 6.99. The molecule has 0 aliphatic heterocycles. The molecular weight excluding hydrogens is 306 g/mol. The molecule has 0 spiro atoms. The minimum absolute atomic E-state index is 0.0157. The number of aliphatic hydroxyl groups is 1. The molecule has 4 nitrogen and oxygen atoms in total. The van der Waals surface area contributed by atoms with Crippen molar-refractivity contribution in [3.8, 4) is 0 Å². The van der Waals surface area contributed by atoms with Gasteiger partial charge in [-0.15, -0.1) is 0 Å². The highest BCUT2D eigenvalue weighted by Gasteiger charge is 2.23. The summed E-state index contributed by atoms with van der Waals surface area (Å²) < 4.78 is 26.9. The van der Waals surface area contributed by atoms with Crippen LogP contribution < -0.4 is 4.72 Å². The molecule has 0 aliphatic carbocycles. The second-order valence-electron chi connectivity index (χ2n) is 5.79. The molecule has 1 aromatic carbocycles. The minimum Gasteiger partial charge on any atom is -0.389 e. The van der Waals surface area contributed by atoms with Crippen molar-refractivity contribution in [2.24, 2.45) is 0 Å². The van der Waals surface area contributed by atoms with E-state index in [1.165, 1.54) is 0 Å². The Morgan fingerprint density at radius 2 is 1.86 bits per heavy atom. The van der Waals surface area contributed by atoms with Crippen molar-refractivity contribution in [3.63, 3.8) is 0 Å². The number of hydrogen-bond donors (Lipinski definition) is 2. The smallest absolute Gasteiger partial charge is 0.240 e. The maximum Gasteiger partial charge on any atom is 0.240 e. The SMILES string of the molecule is CSCC[C@](C)(O)CNS(=O)(=O)c1ccc(C(C)C)cc1. The molecule has 6 heteroatoms. The average Bonchev–Trinajstić information content (AvgIpc) is 2.43. The molecular formula is C15H25NO3S2. The summed E-state index contributed by atoms with van der Waals surface area (Å²) in [5, 5.41) is 10.1. The van der Waals surface area contributed by atoms with Crippen LogP contribution in [0.5, 0.6) is 0 Å². The third-order valence-corrected chi connectivity index (χ3v) is 5.37. The van der Waals surface area contributed by atoms with Gasteiger partial charge in [0.15, 0.2) is 0 Å². The van der Waals surface area contributed by atoms with E-state index >= 15 is 0 Å². The Hall–Kier alpha value is -0.560. The van der Waals surface area contributed by atoms with E-state index in [1.54, 1.807) is 30.8 Å². The predicted octanol–water partition coefficient (Wildman–Crippen LogP) is 2.59. The fourth-order valence-corrected chi connectivity index (χ4v) is 3.58. The first-order chi connectivity index (χ1) is 9.68. The zero-order valence-electron chi connectivity index (χ0n) is 13.1. The second kappa shape index (κ2) is 7.63. The Labute approximate surface area is 132 Å². The average molecular weight is 332 g/mol. The van der Waals surface area contributed by atoms with E-state index in [2.05, 4.69) is 18.6 Å². The van der Waals surface area contributed by atoms with E-state index in [1.807, 2.05) is 18.4 Å². The standard InChI is InChI=1S/C15H25NO3S2/c1-12(2)13-5-7-14(8-6-13)21(18,19)16-11-15(3,17)9-10-20-4/h5-8,12,16-17H,9-11H2,1-4H3/t15-/m0/s1. The van der Waals surface area contributed by atoms with Gasteiger partial charge in [0.05, 0.1) is 10.5 Å². The molecule has 0 heterocycles. The van der Waals surface area contributed by atoms with Gasteiger partial charge in [0.25, 0.3) is 0 Å². The van der Waals surface area contributed by atoms with Crippen molar-refractivity contribution in [1.82, 2.24) is 4.72 Å². The lowest BCUT2D eigenvalue weighted by Crippen LogP contribution is -2.41. The molecule has 2 N–H and O–H groups in total. The summed E-state index contributed by atoms with van der Waals surface area (Å²) in [5.74, 6) is 1.15. The molecule has 0 aliphatic rings. The monoisotopic (exact) mass is 331 g/mol. The molecule has 0 radical (unpaired) electrons. The van der Waals surface area contributed by atoms with Crippen molar-refractivity contribution in [2.75, 3.05) is 18.6 Å². The van der Waals surface area contributed by atoms with Crippen LogP contribution in [0, 0.1) is 0 Å². The molecule has 0 saturated carbocycles. The van der Waals surface area contributed by atoms with E-state index in [4.69, 9.17) is 0 Å². The molecule has 0 unspecified atom stereocenters. The van der Waals surface area contributed by atoms with Gasteiger partial charge in [0.2, 0.25) is 10.0 Å². The molecule has 0 fully saturated rings. The van der Waals surface area contributed by atoms with Crippen LogP contribution in [0.3, 0.4) is 0 Å². The predicted molar refractivity (Wildman–Crippen MR) is 89.3 cm³/mol. The maximum absolute atomic E-state index is 12.2. The molecule has 21 heavy (non-hydrogen) atoms. The molecule has 0 saturated heterocycles. The van der Waals surface area contributed by atoms with Gasteiger partial charge in [-0.2, -0.15) is 11.8 Å². The Morgan fingerprint density at radius 1 is 1.29 bits per heavy atom. The van der Waals surface area contributed by atoms with Crippen molar-refractivity contribution >= 4 is 21.8 Å². The van der Waals surface area contributed by atoms with Gasteiger partial charge in [0, 0.05) is 6.54 Å². The number of sulfonamides is 1. The van der Waals surface area contributed by atoms with E-state index in [9.17, 15) is 13.5 Å². The molecule has 1 atom stereocenters. The van der Waals surface area contributed by atoms with Crippen LogP contribution in [-0.4, -0.2) is 37.7 Å². The van der Waals surface area contributed by atoms with Crippen molar-refractivity contribution < 1.29 is 13.5 Å². The molecule has 1 aromatic rings. The quantitative estimate of drug-likeness (QED) is 0.768. The normalized spacial score (nSPS) is 15.1. The van der Waals surface area contributed by atoms with Gasteiger partial charge in [-0.1, -0.05) is 26.0 Å². The van der Waals surface area contributed by atoms with E-state index in [0.717, 1.165) is 11.3 Å². The van der Waals surface area contributed by atoms with Crippen LogP contribution in [0.15, 0.2) is 29.2 Å². The lowest BCUT2D eigenvalue weighted by atomic mass is 10.0. The van der Waals surface area contributed by atoms with Crippen LogP contribution >= 0.6 is 11.8 Å². The van der Waals surface area contributed by atoms with E-state index < -0.39 is 15.6 Å². The first-order valence-corrected chi connectivity index (χ1v) is 9.86. The van der Waals surface area contributed by atoms with E-state index in [-0.39, 0.29) is 11.4 Å². The fraction of sp³-hybridized carbons (Fsp3) is 0.600. The molecule has 0 bridgehead atoms. The summed E-state index contributed by atoms with van der Waals surface area (Å²) in [4.78, 5) is 0.229. The highest BCUT2D eigenvalue weighted by atomic mass is 32.2. The maximum atomic E-state index is 12.2. The largest absolute Gasteiger partial charge is 0.389 e. The molecule has 1 rings (SSSR count). The Bertz CT molecular complexity index is 537. The van der Waals surface area contributed by atoms with Gasteiger partial charge in [-0.25, -0.2) is 13.1 Å². The second-order valence-corrected chi connectivity index (χ2v) is 8.54. The lowest BCUT2D eigenvalue weighted by Gasteiger charge is -2.23. The van der Waals surface area contributed by atoms with Crippen LogP contribution in [-0.2, 0) is 10.0 Å². The molecule has 0 aromatic heterocycles. The van der Waals surface area contributed by atoms with Crippen molar-refractivity contribution in [3.05, 3.63) is 29.8 Å². The third-order valence-electron chi connectivity index (χ3n) is 3.34. The van der Waals surface area contributed by atoms with Crippen LogP contribution in [0.2, 0.25) is 0 Å². The summed E-state index contributed by atoms with van der Waals surface area (Å²) in [6, 6.07) is 6.86. The Morgan fingerprint density at radius 3 is 2.33 bits per heavy atom. The van der Waals surface area contributed by atoms with Crippen molar-refractivity contribution in [2.45, 2.75) is 43.6 Å². The number of hydrogen-bond acceptors (Lipinski definition) is 4. The first kappa shape index (κ1) is 18.5. The summed E-state index contributed by atoms with van der Waals surface area (Å²) in [6.07, 6.45) is 2.50. The Balaban J connectivity index is 2.73. The zero-order chi connectivity index (χ0) is 16.1. The Kier molecular flexibility index (Phi) is 6.71. The van der Waals surface area contributed by atoms with Gasteiger partial charge in [0.1, 0.15) is 0 Å². The van der Waals surface area contributed by atoms with Crippen LogP contribution in [0.25, 0.3) is 0 Å². The third kappa shape index (κ3) is 5.98. The van der Waals surface area contributed by atoms with Gasteiger partial charge < -0.3 is 5.11 Å². The van der Waals surface area contributed by atoms with Crippen LogP contribution in [0.1, 0.15) is 38.7 Å². The van der Waals surface area contributed by atoms with Crippen molar-refractivity contribution in [1.29, 1.82) is 0 Å². The molecule has 0 amide bonds. The summed E-state index contributed by atoms with van der Waals surface area (Å²) >= 11 is 1.63. The van der Waals surface area contributed by atoms with Crippen LogP contribution in [0.4, 0.5) is 0 Å². The number of rotatable bonds is 8. The highest BCUT2D eigenvalue weighted by molar-refractivity contribution is 7.98. The highest BCUT2D eigenvalue weighted by Crippen LogP contribution is 2.18. The van der Waals surface area contributed by atoms with Gasteiger partial charge in [-0.05, 0) is 49.0 Å². The topological polar surface area (TPSA) is 66.4 Å². The number of thioether (sulfide) groups is 1.